The van der Waals surface area contributed by atoms with Crippen LogP contribution in [0.4, 0.5) is 0 Å². The molecule has 0 saturated carbocycles. The van der Waals surface area contributed by atoms with Gasteiger partial charge in [-0.05, 0) is 12.0 Å². The molecule has 102 valence electrons. The molecule has 1 unspecified atom stereocenters. The maximum atomic E-state index is 10.0. The summed E-state index contributed by atoms with van der Waals surface area (Å²) in [5, 5.41) is 13.3. The number of methoxy groups -OCH3 is 1. The Morgan fingerprint density at radius 2 is 1.89 bits per heavy atom. The Bertz CT molecular complexity index is 337. The molecule has 0 fully saturated rings. The molecule has 0 aromatic heterocycles. The summed E-state index contributed by atoms with van der Waals surface area (Å²) in [6, 6.07) is 7.95. The third-order valence-corrected chi connectivity index (χ3v) is 3.45. The first-order valence-corrected chi connectivity index (χ1v) is 6.73. The van der Waals surface area contributed by atoms with E-state index < -0.39 is 0 Å². The first-order valence-electron chi connectivity index (χ1n) is 6.73. The van der Waals surface area contributed by atoms with E-state index in [0.29, 0.717) is 12.5 Å². The number of nitrogens with one attached hydrogen (secondary N) is 1. The quantitative estimate of drug-likeness (QED) is 0.746. The van der Waals surface area contributed by atoms with E-state index in [0.717, 1.165) is 30.7 Å². The van der Waals surface area contributed by atoms with Gasteiger partial charge in [-0.15, -0.1) is 0 Å². The van der Waals surface area contributed by atoms with Gasteiger partial charge in [0.15, 0.2) is 0 Å². The lowest BCUT2D eigenvalue weighted by Gasteiger charge is -2.20. The molecule has 0 bridgehead atoms. The van der Waals surface area contributed by atoms with E-state index in [1.54, 1.807) is 7.11 Å². The highest BCUT2D eigenvalue weighted by molar-refractivity contribution is 5.32. The van der Waals surface area contributed by atoms with Crippen molar-refractivity contribution in [3.63, 3.8) is 0 Å². The van der Waals surface area contributed by atoms with Crippen LogP contribution in [-0.2, 0) is 6.54 Å². The average molecular weight is 251 g/mol. The van der Waals surface area contributed by atoms with Crippen LogP contribution in [0.5, 0.6) is 5.75 Å². The van der Waals surface area contributed by atoms with Gasteiger partial charge in [-0.1, -0.05) is 44.9 Å². The molecule has 18 heavy (non-hydrogen) atoms. The van der Waals surface area contributed by atoms with E-state index in [1.165, 1.54) is 0 Å². The Morgan fingerprint density at radius 1 is 1.22 bits per heavy atom. The normalized spacial score (nSPS) is 12.7. The third-order valence-electron chi connectivity index (χ3n) is 3.45. The van der Waals surface area contributed by atoms with Gasteiger partial charge in [0.05, 0.1) is 13.2 Å². The average Bonchev–Trinajstić information content (AvgIpc) is 2.40. The van der Waals surface area contributed by atoms with Crippen molar-refractivity contribution in [2.45, 2.75) is 39.3 Å². The first-order chi connectivity index (χ1) is 8.72. The van der Waals surface area contributed by atoms with Crippen molar-refractivity contribution in [3.8, 4) is 5.75 Å². The maximum Gasteiger partial charge on any atom is 0.123 e. The molecular weight excluding hydrogens is 226 g/mol. The lowest BCUT2D eigenvalue weighted by Crippen LogP contribution is -2.32. The zero-order valence-electron chi connectivity index (χ0n) is 11.6. The summed E-state index contributed by atoms with van der Waals surface area (Å²) in [5.74, 6) is 1.28. The van der Waals surface area contributed by atoms with Crippen LogP contribution >= 0.6 is 0 Å². The van der Waals surface area contributed by atoms with Crippen molar-refractivity contribution >= 4 is 0 Å². The predicted octanol–water partition coefficient (Wildman–Crippen LogP) is 2.58. The molecule has 3 nitrogen and oxygen atoms in total. The minimum Gasteiger partial charge on any atom is -0.496 e. The molecule has 1 aromatic rings. The summed E-state index contributed by atoms with van der Waals surface area (Å²) >= 11 is 0. The number of para-hydroxylation sites is 1. The molecule has 0 radical (unpaired) electrons. The SMILES string of the molecule is CCC(CC)C(O)CNCc1ccccc1OC. The van der Waals surface area contributed by atoms with Crippen molar-refractivity contribution in [1.29, 1.82) is 0 Å². The zero-order valence-corrected chi connectivity index (χ0v) is 11.6. The summed E-state index contributed by atoms with van der Waals surface area (Å²) in [7, 11) is 1.68. The Hall–Kier alpha value is -1.06. The Labute approximate surface area is 110 Å². The molecule has 1 atom stereocenters. The molecule has 0 spiro atoms. The molecule has 0 saturated heterocycles. The lowest BCUT2D eigenvalue weighted by atomic mass is 9.96. The lowest BCUT2D eigenvalue weighted by molar-refractivity contribution is 0.101. The number of rotatable bonds is 8. The predicted molar refractivity (Wildman–Crippen MR) is 74.8 cm³/mol. The van der Waals surface area contributed by atoms with Crippen LogP contribution in [0.25, 0.3) is 0 Å². The van der Waals surface area contributed by atoms with Gasteiger partial charge in [0.1, 0.15) is 5.75 Å². The van der Waals surface area contributed by atoms with Crippen molar-refractivity contribution in [2.24, 2.45) is 5.92 Å². The van der Waals surface area contributed by atoms with E-state index in [4.69, 9.17) is 4.74 Å². The number of hydrogen-bond donors (Lipinski definition) is 2. The van der Waals surface area contributed by atoms with Crippen LogP contribution in [-0.4, -0.2) is 24.9 Å². The largest absolute Gasteiger partial charge is 0.496 e. The Balaban J connectivity index is 2.41. The fourth-order valence-corrected chi connectivity index (χ4v) is 2.20. The minimum atomic E-state index is -0.269. The number of ether oxygens (including phenoxy) is 1. The van der Waals surface area contributed by atoms with E-state index in [1.807, 2.05) is 24.3 Å². The van der Waals surface area contributed by atoms with Gasteiger partial charge in [-0.2, -0.15) is 0 Å². The molecule has 0 aliphatic rings. The highest BCUT2D eigenvalue weighted by Crippen LogP contribution is 2.17. The topological polar surface area (TPSA) is 41.5 Å². The molecule has 3 heteroatoms. The van der Waals surface area contributed by atoms with Crippen LogP contribution in [0, 0.1) is 5.92 Å². The fourth-order valence-electron chi connectivity index (χ4n) is 2.20. The van der Waals surface area contributed by atoms with Crippen LogP contribution in [0.15, 0.2) is 24.3 Å². The van der Waals surface area contributed by atoms with Crippen molar-refractivity contribution < 1.29 is 9.84 Å². The highest BCUT2D eigenvalue weighted by Gasteiger charge is 2.14. The second-order valence-corrected chi connectivity index (χ2v) is 4.59. The summed E-state index contributed by atoms with van der Waals surface area (Å²) < 4.78 is 5.29. The van der Waals surface area contributed by atoms with Gasteiger partial charge in [-0.3, -0.25) is 0 Å². The van der Waals surface area contributed by atoms with E-state index >= 15 is 0 Å². The molecule has 0 amide bonds. The summed E-state index contributed by atoms with van der Waals surface area (Å²) in [5.41, 5.74) is 1.12. The number of hydrogen-bond acceptors (Lipinski definition) is 3. The molecule has 0 aliphatic carbocycles. The smallest absolute Gasteiger partial charge is 0.123 e. The second kappa shape index (κ2) is 8.11. The Kier molecular flexibility index (Phi) is 6.76. The summed E-state index contributed by atoms with van der Waals surface area (Å²) in [6.45, 7) is 5.60. The summed E-state index contributed by atoms with van der Waals surface area (Å²) in [6.07, 6.45) is 1.77. The van der Waals surface area contributed by atoms with Crippen LogP contribution in [0.3, 0.4) is 0 Å². The fraction of sp³-hybridized carbons (Fsp3) is 0.600. The van der Waals surface area contributed by atoms with Crippen molar-refractivity contribution in [3.05, 3.63) is 29.8 Å². The van der Waals surface area contributed by atoms with Gasteiger partial charge in [-0.25, -0.2) is 0 Å². The van der Waals surface area contributed by atoms with Crippen LogP contribution < -0.4 is 10.1 Å². The zero-order chi connectivity index (χ0) is 13.4. The van der Waals surface area contributed by atoms with Crippen LogP contribution in [0.2, 0.25) is 0 Å². The molecule has 2 N–H and O–H groups in total. The highest BCUT2D eigenvalue weighted by atomic mass is 16.5. The molecule has 1 aromatic carbocycles. The van der Waals surface area contributed by atoms with Gasteiger partial charge < -0.3 is 15.2 Å². The third kappa shape index (κ3) is 4.31. The molecular formula is C15H25NO2. The maximum absolute atomic E-state index is 10.0. The summed E-state index contributed by atoms with van der Waals surface area (Å²) in [4.78, 5) is 0. The first kappa shape index (κ1) is 15.0. The van der Waals surface area contributed by atoms with E-state index in [2.05, 4.69) is 19.2 Å². The van der Waals surface area contributed by atoms with Gasteiger partial charge >= 0.3 is 0 Å². The molecule has 0 aliphatic heterocycles. The number of aliphatic hydroxyl groups excluding tert-OH is 1. The van der Waals surface area contributed by atoms with E-state index in [-0.39, 0.29) is 6.10 Å². The minimum absolute atomic E-state index is 0.269. The molecule has 0 heterocycles. The molecule has 1 rings (SSSR count). The van der Waals surface area contributed by atoms with E-state index in [9.17, 15) is 5.11 Å². The standard InChI is InChI=1S/C15H25NO2/c1-4-12(5-2)14(17)11-16-10-13-8-6-7-9-15(13)18-3/h6-9,12,14,16-17H,4-5,10-11H2,1-3H3. The second-order valence-electron chi connectivity index (χ2n) is 4.59. The van der Waals surface area contributed by atoms with Crippen LogP contribution in [0.1, 0.15) is 32.3 Å². The number of benzene rings is 1. The monoisotopic (exact) mass is 251 g/mol. The Morgan fingerprint density at radius 3 is 2.50 bits per heavy atom. The van der Waals surface area contributed by atoms with Gasteiger partial charge in [0.2, 0.25) is 0 Å². The van der Waals surface area contributed by atoms with Crippen molar-refractivity contribution in [1.82, 2.24) is 5.32 Å². The van der Waals surface area contributed by atoms with Gasteiger partial charge in [0, 0.05) is 18.7 Å². The number of aliphatic hydroxyl groups is 1. The van der Waals surface area contributed by atoms with Crippen molar-refractivity contribution in [2.75, 3.05) is 13.7 Å². The van der Waals surface area contributed by atoms with Gasteiger partial charge in [0.25, 0.3) is 0 Å².